The van der Waals surface area contributed by atoms with Crippen molar-refractivity contribution in [1.29, 1.82) is 0 Å². The number of hydrogen-bond donors (Lipinski definition) is 1. The van der Waals surface area contributed by atoms with Crippen molar-refractivity contribution in [3.05, 3.63) is 85.0 Å². The Bertz CT molecular complexity index is 1410. The van der Waals surface area contributed by atoms with Crippen molar-refractivity contribution in [2.24, 2.45) is 11.8 Å². The fraction of sp³-hybridized carbons (Fsp3) is 0.457. The maximum atomic E-state index is 14.9. The summed E-state index contributed by atoms with van der Waals surface area (Å²) in [5, 5.41) is 9.53. The lowest BCUT2D eigenvalue weighted by Gasteiger charge is -2.38. The highest BCUT2D eigenvalue weighted by atomic mass is 32.2. The molecule has 2 bridgehead atoms. The summed E-state index contributed by atoms with van der Waals surface area (Å²) in [6.45, 7) is 14.9. The van der Waals surface area contributed by atoms with Crippen LogP contribution >= 0.6 is 11.8 Å². The molecule has 0 radical (unpaired) electrons. The molecule has 3 aliphatic heterocycles. The van der Waals surface area contributed by atoms with Gasteiger partial charge in [-0.1, -0.05) is 42.5 Å². The Labute approximate surface area is 259 Å². The Hall–Kier alpha value is -3.36. The van der Waals surface area contributed by atoms with Gasteiger partial charge >= 0.3 is 0 Å². The van der Waals surface area contributed by atoms with E-state index in [9.17, 15) is 19.5 Å². The molecule has 1 spiro atoms. The molecule has 5 rings (SSSR count). The van der Waals surface area contributed by atoms with Crippen molar-refractivity contribution >= 4 is 40.9 Å². The number of amides is 3. The van der Waals surface area contributed by atoms with Crippen molar-refractivity contribution in [3.63, 3.8) is 0 Å². The normalized spacial score (nSPS) is 27.2. The molecule has 0 aromatic heterocycles. The minimum absolute atomic E-state index is 0.0157. The average molecular weight is 602 g/mol. The molecular weight excluding hydrogens is 558 g/mol. The van der Waals surface area contributed by atoms with E-state index in [2.05, 4.69) is 20.1 Å². The SMILES string of the molecule is C=CCN(C(=O)[C@H]1[C@H]2C(=O)N(CCCCO)C(C(=O)N(CC=C)c3cc(C)ccc3C)C23CC[C@]1(C)S3)c1ccccc1. The fourth-order valence-electron chi connectivity index (χ4n) is 7.54. The molecule has 3 saturated heterocycles. The largest absolute Gasteiger partial charge is 0.396 e. The summed E-state index contributed by atoms with van der Waals surface area (Å²) in [4.78, 5) is 49.2. The van der Waals surface area contributed by atoms with Crippen LogP contribution in [0.15, 0.2) is 73.8 Å². The third kappa shape index (κ3) is 5.22. The van der Waals surface area contributed by atoms with E-state index < -0.39 is 27.4 Å². The van der Waals surface area contributed by atoms with Crippen LogP contribution in [0.4, 0.5) is 11.4 Å². The van der Waals surface area contributed by atoms with Crippen molar-refractivity contribution in [1.82, 2.24) is 4.90 Å². The van der Waals surface area contributed by atoms with Crippen molar-refractivity contribution in [2.75, 3.05) is 36.0 Å². The summed E-state index contributed by atoms with van der Waals surface area (Å²) in [7, 11) is 0. The molecule has 5 atom stereocenters. The molecule has 228 valence electrons. The highest BCUT2D eigenvalue weighted by molar-refractivity contribution is 8.02. The van der Waals surface area contributed by atoms with Gasteiger partial charge in [0.25, 0.3) is 5.91 Å². The molecule has 2 aromatic carbocycles. The molecule has 7 nitrogen and oxygen atoms in total. The van der Waals surface area contributed by atoms with Crippen LogP contribution in [0.25, 0.3) is 0 Å². The van der Waals surface area contributed by atoms with E-state index in [1.165, 1.54) is 0 Å². The van der Waals surface area contributed by atoms with E-state index in [1.807, 2.05) is 62.4 Å². The first-order valence-corrected chi connectivity index (χ1v) is 16.0. The molecule has 3 heterocycles. The van der Waals surface area contributed by atoms with Crippen molar-refractivity contribution in [3.8, 4) is 0 Å². The predicted octanol–water partition coefficient (Wildman–Crippen LogP) is 5.30. The second-order valence-corrected chi connectivity index (χ2v) is 14.2. The molecule has 3 aliphatic rings. The number of benzene rings is 2. The van der Waals surface area contributed by atoms with E-state index in [0.29, 0.717) is 38.9 Å². The molecule has 3 fully saturated rings. The van der Waals surface area contributed by atoms with Gasteiger partial charge in [-0.05, 0) is 75.8 Å². The minimum Gasteiger partial charge on any atom is -0.396 e. The lowest BCUT2D eigenvalue weighted by atomic mass is 9.66. The molecule has 1 N–H and O–H groups in total. The van der Waals surface area contributed by atoms with E-state index in [0.717, 1.165) is 28.9 Å². The van der Waals surface area contributed by atoms with Gasteiger partial charge in [-0.3, -0.25) is 14.4 Å². The molecule has 2 unspecified atom stereocenters. The fourth-order valence-corrected chi connectivity index (χ4v) is 9.88. The molecule has 0 saturated carbocycles. The zero-order chi connectivity index (χ0) is 30.9. The lowest BCUT2D eigenvalue weighted by Crippen LogP contribution is -2.55. The summed E-state index contributed by atoms with van der Waals surface area (Å²) in [5.74, 6) is -1.56. The van der Waals surface area contributed by atoms with Crippen LogP contribution in [0.5, 0.6) is 0 Å². The number of likely N-dealkylation sites (tertiary alicyclic amines) is 1. The number of fused-ring (bicyclic) bond motifs is 1. The number of aliphatic hydroxyl groups excluding tert-OH is 1. The maximum absolute atomic E-state index is 14.9. The average Bonchev–Trinajstić information content (AvgIpc) is 3.56. The number of rotatable bonds is 12. The molecule has 3 amide bonds. The summed E-state index contributed by atoms with van der Waals surface area (Å²) >= 11 is 1.68. The Kier molecular flexibility index (Phi) is 8.91. The molecule has 2 aromatic rings. The minimum atomic E-state index is -0.726. The standard InChI is InChI=1S/C35H43N3O4S/c1-6-19-36(26-13-9-8-10-14-26)31(40)28-29-32(41)38(21-11-12-22-39)30(35(29)18-17-34(28,5)43-35)33(42)37(20-7-2)27-23-24(3)15-16-25(27)4/h6-10,13-16,23,28-30,39H,1-2,11-12,17-22H2,3-5H3/t28-,29+,30?,34+,35?/m1/s1. The second-order valence-electron chi connectivity index (χ2n) is 12.3. The Morgan fingerprint density at radius 1 is 1.02 bits per heavy atom. The monoisotopic (exact) mass is 601 g/mol. The first kappa shape index (κ1) is 31.1. The Balaban J connectivity index is 1.60. The van der Waals surface area contributed by atoms with Gasteiger partial charge in [-0.15, -0.1) is 24.9 Å². The zero-order valence-corrected chi connectivity index (χ0v) is 26.3. The summed E-state index contributed by atoms with van der Waals surface area (Å²) in [5.41, 5.74) is 3.59. The van der Waals surface area contributed by atoms with Gasteiger partial charge in [0.1, 0.15) is 6.04 Å². The molecule has 43 heavy (non-hydrogen) atoms. The highest BCUT2D eigenvalue weighted by Gasteiger charge is 2.77. The second kappa shape index (κ2) is 12.3. The number of hydrogen-bond acceptors (Lipinski definition) is 5. The summed E-state index contributed by atoms with van der Waals surface area (Å²) < 4.78 is -1.21. The number of aliphatic hydroxyl groups is 1. The smallest absolute Gasteiger partial charge is 0.251 e. The molecule has 0 aliphatic carbocycles. The van der Waals surface area contributed by atoms with Gasteiger partial charge < -0.3 is 19.8 Å². The van der Waals surface area contributed by atoms with E-state index in [-0.39, 0.29) is 24.3 Å². The topological polar surface area (TPSA) is 81.2 Å². The molecule has 8 heteroatoms. The van der Waals surface area contributed by atoms with Crippen molar-refractivity contribution < 1.29 is 19.5 Å². The van der Waals surface area contributed by atoms with Gasteiger partial charge in [-0.25, -0.2) is 0 Å². The van der Waals surface area contributed by atoms with E-state index in [1.54, 1.807) is 38.6 Å². The van der Waals surface area contributed by atoms with E-state index in [4.69, 9.17) is 0 Å². The number of anilines is 2. The van der Waals surface area contributed by atoms with Crippen LogP contribution in [0.1, 0.15) is 43.7 Å². The van der Waals surface area contributed by atoms with Gasteiger partial charge in [0, 0.05) is 42.4 Å². The first-order valence-electron chi connectivity index (χ1n) is 15.2. The van der Waals surface area contributed by atoms with Crippen LogP contribution in [0.3, 0.4) is 0 Å². The van der Waals surface area contributed by atoms with Gasteiger partial charge in [0.15, 0.2) is 0 Å². The number of para-hydroxylation sites is 1. The predicted molar refractivity (Wildman–Crippen MR) is 174 cm³/mol. The maximum Gasteiger partial charge on any atom is 0.251 e. The number of aryl methyl sites for hydroxylation is 2. The first-order chi connectivity index (χ1) is 20.6. The third-order valence-electron chi connectivity index (χ3n) is 9.46. The number of carbonyl (C=O) groups excluding carboxylic acids is 3. The summed E-state index contributed by atoms with van der Waals surface area (Å²) in [6.07, 6.45) is 5.97. The van der Waals surface area contributed by atoms with Gasteiger partial charge in [0.2, 0.25) is 11.8 Å². The van der Waals surface area contributed by atoms with Gasteiger partial charge in [0.05, 0.1) is 16.6 Å². The number of unbranched alkanes of at least 4 members (excludes halogenated alkanes) is 1. The zero-order valence-electron chi connectivity index (χ0n) is 25.5. The third-order valence-corrected chi connectivity index (χ3v) is 11.4. The number of nitrogens with zero attached hydrogens (tertiary/aromatic N) is 3. The van der Waals surface area contributed by atoms with Crippen LogP contribution in [-0.4, -0.2) is 69.5 Å². The highest BCUT2D eigenvalue weighted by Crippen LogP contribution is 2.71. The number of carbonyl (C=O) groups is 3. The lowest BCUT2D eigenvalue weighted by molar-refractivity contribution is -0.139. The Morgan fingerprint density at radius 2 is 1.72 bits per heavy atom. The number of thioether (sulfide) groups is 1. The summed E-state index contributed by atoms with van der Waals surface area (Å²) in [6, 6.07) is 14.8. The Morgan fingerprint density at radius 3 is 2.40 bits per heavy atom. The quantitative estimate of drug-likeness (QED) is 0.264. The van der Waals surface area contributed by atoms with E-state index >= 15 is 0 Å². The van der Waals surface area contributed by atoms with Crippen LogP contribution in [0, 0.1) is 25.7 Å². The van der Waals surface area contributed by atoms with Crippen molar-refractivity contribution in [2.45, 2.75) is 62.0 Å². The molecular formula is C35H43N3O4S. The van der Waals surface area contributed by atoms with Crippen LogP contribution in [-0.2, 0) is 14.4 Å². The van der Waals surface area contributed by atoms with Crippen LogP contribution < -0.4 is 9.80 Å². The van der Waals surface area contributed by atoms with Crippen LogP contribution in [0.2, 0.25) is 0 Å². The van der Waals surface area contributed by atoms with Gasteiger partial charge in [-0.2, -0.15) is 0 Å².